The number of hydrogen-bond acceptors (Lipinski definition) is 7. The first-order valence-corrected chi connectivity index (χ1v) is 10.9. The van der Waals surface area contributed by atoms with E-state index in [2.05, 4.69) is 10.3 Å². The molecule has 0 aliphatic heterocycles. The highest BCUT2D eigenvalue weighted by Gasteiger charge is 2.24. The Morgan fingerprint density at radius 2 is 1.97 bits per heavy atom. The normalized spacial score (nSPS) is 10.9. The lowest BCUT2D eigenvalue weighted by Gasteiger charge is -2.08. The van der Waals surface area contributed by atoms with Crippen molar-refractivity contribution in [3.63, 3.8) is 0 Å². The van der Waals surface area contributed by atoms with E-state index in [1.165, 1.54) is 22.7 Å². The monoisotopic (exact) mass is 441 g/mol. The number of esters is 1. The molecule has 7 nitrogen and oxygen atoms in total. The summed E-state index contributed by atoms with van der Waals surface area (Å²) in [6, 6.07) is 7.36. The van der Waals surface area contributed by atoms with Crippen LogP contribution in [0.5, 0.6) is 5.75 Å². The molecule has 0 radical (unpaired) electrons. The third kappa shape index (κ3) is 3.81. The molecule has 3 aromatic heterocycles. The number of thiazole rings is 1. The second-order valence-electron chi connectivity index (χ2n) is 6.41. The Balaban J connectivity index is 1.67. The van der Waals surface area contributed by atoms with E-state index in [9.17, 15) is 9.59 Å². The third-order valence-corrected chi connectivity index (χ3v) is 6.21. The van der Waals surface area contributed by atoms with Gasteiger partial charge in [0.1, 0.15) is 22.0 Å². The van der Waals surface area contributed by atoms with Crippen LogP contribution in [0.3, 0.4) is 0 Å². The Morgan fingerprint density at radius 3 is 2.63 bits per heavy atom. The van der Waals surface area contributed by atoms with Crippen molar-refractivity contribution in [2.75, 3.05) is 19.0 Å². The number of thiophene rings is 1. The van der Waals surface area contributed by atoms with Crippen molar-refractivity contribution in [3.05, 3.63) is 58.2 Å². The van der Waals surface area contributed by atoms with E-state index in [0.29, 0.717) is 16.1 Å². The van der Waals surface area contributed by atoms with E-state index >= 15 is 0 Å². The molecule has 1 N–H and O–H groups in total. The second-order valence-corrected chi connectivity index (χ2v) is 8.51. The molecule has 0 bridgehead atoms. The molecule has 1 amide bonds. The zero-order valence-corrected chi connectivity index (χ0v) is 18.2. The lowest BCUT2D eigenvalue weighted by molar-refractivity contribution is 0.0529. The number of ether oxygens (including phenoxy) is 2. The molecule has 4 rings (SSSR count). The standard InChI is InChI=1S/C21H19N3O4S2/c1-4-28-20(26)17-15(13-5-7-14(27-3)8-6-13)11-29-19(17)23-18(25)16-10-24-9-12(2)30-21(24)22-16/h5-11H,4H2,1-3H3,(H,23,25). The maximum atomic E-state index is 12.8. The van der Waals surface area contributed by atoms with Gasteiger partial charge in [0.2, 0.25) is 0 Å². The van der Waals surface area contributed by atoms with E-state index in [0.717, 1.165) is 21.2 Å². The molecule has 0 unspecified atom stereocenters. The van der Waals surface area contributed by atoms with Gasteiger partial charge in [0.15, 0.2) is 4.96 Å². The maximum absolute atomic E-state index is 12.8. The molecule has 3 heterocycles. The van der Waals surface area contributed by atoms with Crippen LogP contribution in [0.1, 0.15) is 32.6 Å². The van der Waals surface area contributed by atoms with Gasteiger partial charge in [-0.25, -0.2) is 9.78 Å². The Labute approximate surface area is 180 Å². The van der Waals surface area contributed by atoms with Crippen LogP contribution < -0.4 is 10.1 Å². The summed E-state index contributed by atoms with van der Waals surface area (Å²) < 4.78 is 12.3. The summed E-state index contributed by atoms with van der Waals surface area (Å²) in [4.78, 5) is 31.7. The fraction of sp³-hybridized carbons (Fsp3) is 0.190. The van der Waals surface area contributed by atoms with Crippen molar-refractivity contribution in [2.24, 2.45) is 0 Å². The summed E-state index contributed by atoms with van der Waals surface area (Å²) in [6.45, 7) is 3.97. The van der Waals surface area contributed by atoms with Crippen molar-refractivity contribution in [1.82, 2.24) is 9.38 Å². The molecule has 0 aliphatic rings. The molecule has 154 valence electrons. The van der Waals surface area contributed by atoms with Crippen LogP contribution in [0.2, 0.25) is 0 Å². The predicted octanol–water partition coefficient (Wildman–Crippen LogP) is 4.87. The number of carbonyl (C=O) groups is 2. The smallest absolute Gasteiger partial charge is 0.341 e. The SMILES string of the molecule is CCOC(=O)c1c(-c2ccc(OC)cc2)csc1NC(=O)c1cn2cc(C)sc2n1. The van der Waals surface area contributed by atoms with Crippen LogP contribution in [-0.4, -0.2) is 35.0 Å². The van der Waals surface area contributed by atoms with Crippen molar-refractivity contribution in [3.8, 4) is 16.9 Å². The Bertz CT molecular complexity index is 1190. The molecular formula is C21H19N3O4S2. The van der Waals surface area contributed by atoms with Gasteiger partial charge in [0.05, 0.1) is 13.7 Å². The van der Waals surface area contributed by atoms with E-state index in [1.807, 2.05) is 47.2 Å². The van der Waals surface area contributed by atoms with Crippen LogP contribution in [0.25, 0.3) is 16.1 Å². The highest BCUT2D eigenvalue weighted by molar-refractivity contribution is 7.17. The average molecular weight is 442 g/mol. The topological polar surface area (TPSA) is 81.9 Å². The summed E-state index contributed by atoms with van der Waals surface area (Å²) >= 11 is 2.78. The Kier molecular flexibility index (Phi) is 5.56. The van der Waals surface area contributed by atoms with Gasteiger partial charge in [0.25, 0.3) is 5.91 Å². The summed E-state index contributed by atoms with van der Waals surface area (Å²) in [5.41, 5.74) is 2.14. The molecule has 0 aliphatic carbocycles. The molecule has 30 heavy (non-hydrogen) atoms. The summed E-state index contributed by atoms with van der Waals surface area (Å²) in [5.74, 6) is -0.145. The molecule has 1 aromatic carbocycles. The fourth-order valence-corrected chi connectivity index (χ4v) is 4.79. The number of nitrogens with zero attached hydrogens (tertiary/aromatic N) is 2. The van der Waals surface area contributed by atoms with Gasteiger partial charge in [0, 0.05) is 28.2 Å². The first kappa shape index (κ1) is 20.1. The van der Waals surface area contributed by atoms with Crippen molar-refractivity contribution in [1.29, 1.82) is 0 Å². The minimum absolute atomic E-state index is 0.237. The minimum Gasteiger partial charge on any atom is -0.497 e. The summed E-state index contributed by atoms with van der Waals surface area (Å²) in [7, 11) is 1.60. The zero-order valence-electron chi connectivity index (χ0n) is 16.6. The minimum atomic E-state index is -0.485. The number of hydrogen-bond donors (Lipinski definition) is 1. The quantitative estimate of drug-likeness (QED) is 0.432. The van der Waals surface area contributed by atoms with Crippen LogP contribution in [0, 0.1) is 6.92 Å². The number of amides is 1. The van der Waals surface area contributed by atoms with Crippen LogP contribution in [-0.2, 0) is 4.74 Å². The van der Waals surface area contributed by atoms with Gasteiger partial charge >= 0.3 is 5.97 Å². The molecule has 0 fully saturated rings. The van der Waals surface area contributed by atoms with E-state index in [1.54, 1.807) is 20.2 Å². The number of anilines is 1. The molecule has 0 spiro atoms. The number of nitrogens with one attached hydrogen (secondary N) is 1. The molecule has 4 aromatic rings. The number of imidazole rings is 1. The van der Waals surface area contributed by atoms with Gasteiger partial charge in [-0.2, -0.15) is 0 Å². The highest BCUT2D eigenvalue weighted by Crippen LogP contribution is 2.37. The lowest BCUT2D eigenvalue weighted by Crippen LogP contribution is -2.15. The molecule has 9 heteroatoms. The highest BCUT2D eigenvalue weighted by atomic mass is 32.1. The van der Waals surface area contributed by atoms with Crippen LogP contribution >= 0.6 is 22.7 Å². The van der Waals surface area contributed by atoms with Gasteiger partial charge in [-0.1, -0.05) is 12.1 Å². The molecule has 0 saturated carbocycles. The third-order valence-electron chi connectivity index (χ3n) is 4.40. The fourth-order valence-electron chi connectivity index (χ4n) is 3.03. The van der Waals surface area contributed by atoms with Crippen molar-refractivity contribution < 1.29 is 19.1 Å². The zero-order chi connectivity index (χ0) is 21.3. The number of methoxy groups -OCH3 is 1. The number of carbonyl (C=O) groups excluding carboxylic acids is 2. The number of rotatable bonds is 6. The largest absolute Gasteiger partial charge is 0.497 e. The molecule has 0 atom stereocenters. The van der Waals surface area contributed by atoms with Gasteiger partial charge in [-0.15, -0.1) is 22.7 Å². The lowest BCUT2D eigenvalue weighted by atomic mass is 10.0. The Hall–Kier alpha value is -3.17. The van der Waals surface area contributed by atoms with E-state index in [4.69, 9.17) is 9.47 Å². The summed E-state index contributed by atoms with van der Waals surface area (Å²) in [5, 5.41) is 5.09. The van der Waals surface area contributed by atoms with E-state index in [-0.39, 0.29) is 18.2 Å². The van der Waals surface area contributed by atoms with Gasteiger partial charge < -0.3 is 14.8 Å². The summed E-state index contributed by atoms with van der Waals surface area (Å²) in [6.07, 6.45) is 3.59. The van der Waals surface area contributed by atoms with Crippen molar-refractivity contribution in [2.45, 2.75) is 13.8 Å². The molecule has 0 saturated heterocycles. The number of aryl methyl sites for hydroxylation is 1. The average Bonchev–Trinajstić information content (AvgIpc) is 3.41. The second kappa shape index (κ2) is 8.29. The number of fused-ring (bicyclic) bond motifs is 1. The number of aromatic nitrogens is 2. The first-order chi connectivity index (χ1) is 14.5. The van der Waals surface area contributed by atoms with Gasteiger partial charge in [-0.3, -0.25) is 9.20 Å². The first-order valence-electron chi connectivity index (χ1n) is 9.19. The van der Waals surface area contributed by atoms with Crippen molar-refractivity contribution >= 4 is 44.5 Å². The van der Waals surface area contributed by atoms with Crippen LogP contribution in [0.4, 0.5) is 5.00 Å². The van der Waals surface area contributed by atoms with Gasteiger partial charge in [-0.05, 0) is 31.5 Å². The maximum Gasteiger partial charge on any atom is 0.341 e. The Morgan fingerprint density at radius 1 is 1.20 bits per heavy atom. The number of benzene rings is 1. The van der Waals surface area contributed by atoms with Crippen LogP contribution in [0.15, 0.2) is 42.0 Å². The predicted molar refractivity (Wildman–Crippen MR) is 118 cm³/mol. The van der Waals surface area contributed by atoms with E-state index < -0.39 is 5.97 Å². The molecular weight excluding hydrogens is 422 g/mol.